The summed E-state index contributed by atoms with van der Waals surface area (Å²) >= 11 is 0. The average Bonchev–Trinajstić information content (AvgIpc) is 3.04. The molecule has 3 N–H and O–H groups in total. The van der Waals surface area contributed by atoms with Crippen LogP contribution in [0.5, 0.6) is 0 Å². The van der Waals surface area contributed by atoms with Crippen LogP contribution in [-0.2, 0) is 4.74 Å². The predicted octanol–water partition coefficient (Wildman–Crippen LogP) is 1.23. The van der Waals surface area contributed by atoms with E-state index in [2.05, 4.69) is 37.7 Å². The lowest BCUT2D eigenvalue weighted by molar-refractivity contribution is 0.108. The van der Waals surface area contributed by atoms with Gasteiger partial charge in [-0.2, -0.15) is 15.1 Å². The highest BCUT2D eigenvalue weighted by Gasteiger charge is 2.24. The van der Waals surface area contributed by atoms with Crippen molar-refractivity contribution in [1.82, 2.24) is 20.2 Å². The maximum atomic E-state index is 5.57. The van der Waals surface area contributed by atoms with E-state index >= 15 is 0 Å². The molecule has 0 radical (unpaired) electrons. The van der Waals surface area contributed by atoms with Gasteiger partial charge in [0, 0.05) is 26.1 Å². The fraction of sp³-hybridized carbons (Fsp3) is 0.583. The first-order chi connectivity index (χ1) is 9.28. The van der Waals surface area contributed by atoms with Crippen LogP contribution in [0.2, 0.25) is 0 Å². The first kappa shape index (κ1) is 12.2. The molecular formula is C12H18N6O. The molecule has 7 heteroatoms. The molecule has 1 saturated heterocycles. The third-order valence-corrected chi connectivity index (χ3v) is 3.60. The number of anilines is 2. The topological polar surface area (TPSA) is 87.8 Å². The molecule has 0 aromatic carbocycles. The van der Waals surface area contributed by atoms with Crippen LogP contribution < -0.4 is 10.6 Å². The van der Waals surface area contributed by atoms with Gasteiger partial charge in [0.1, 0.15) is 5.82 Å². The molecule has 19 heavy (non-hydrogen) atoms. The second-order valence-electron chi connectivity index (χ2n) is 4.78. The van der Waals surface area contributed by atoms with Crippen LogP contribution in [-0.4, -0.2) is 46.5 Å². The number of hydrogen-bond acceptors (Lipinski definition) is 6. The fourth-order valence-corrected chi connectivity index (χ4v) is 2.35. The van der Waals surface area contributed by atoms with E-state index in [4.69, 9.17) is 4.74 Å². The van der Waals surface area contributed by atoms with Gasteiger partial charge in [0.2, 0.25) is 5.95 Å². The summed E-state index contributed by atoms with van der Waals surface area (Å²) < 4.78 is 5.57. The average molecular weight is 262 g/mol. The third kappa shape index (κ3) is 2.33. The van der Waals surface area contributed by atoms with Crippen molar-refractivity contribution in [3.8, 4) is 0 Å². The smallest absolute Gasteiger partial charge is 0.226 e. The van der Waals surface area contributed by atoms with Crippen molar-refractivity contribution in [2.24, 2.45) is 5.92 Å². The second kappa shape index (κ2) is 5.00. The molecule has 0 saturated carbocycles. The molecule has 1 aliphatic rings. The van der Waals surface area contributed by atoms with Crippen molar-refractivity contribution in [2.45, 2.75) is 19.4 Å². The molecular weight excluding hydrogens is 244 g/mol. The minimum atomic E-state index is 0.304. The Morgan fingerprint density at radius 2 is 2.37 bits per heavy atom. The standard InChI is InChI=1S/C12H18N6O/c1-7-8(3-4-19-7)5-14-10-9-6-15-18-11(9)17-12(13-2)16-10/h6-8H,3-5H2,1-2H3,(H3,13,14,15,16,17,18). The van der Waals surface area contributed by atoms with E-state index < -0.39 is 0 Å². The maximum Gasteiger partial charge on any atom is 0.226 e. The first-order valence-corrected chi connectivity index (χ1v) is 6.52. The maximum absolute atomic E-state index is 5.57. The number of nitrogens with zero attached hydrogens (tertiary/aromatic N) is 3. The van der Waals surface area contributed by atoms with Gasteiger partial charge >= 0.3 is 0 Å². The Bertz CT molecular complexity index is 568. The normalized spacial score (nSPS) is 22.8. The molecule has 2 atom stereocenters. The van der Waals surface area contributed by atoms with E-state index in [1.54, 1.807) is 13.2 Å². The van der Waals surface area contributed by atoms with Crippen LogP contribution >= 0.6 is 0 Å². The molecule has 1 aliphatic heterocycles. The van der Waals surface area contributed by atoms with Gasteiger partial charge in [-0.3, -0.25) is 5.10 Å². The van der Waals surface area contributed by atoms with Gasteiger partial charge in [-0.25, -0.2) is 0 Å². The van der Waals surface area contributed by atoms with Crippen molar-refractivity contribution < 1.29 is 4.74 Å². The molecule has 2 aromatic rings. The zero-order valence-corrected chi connectivity index (χ0v) is 11.1. The Morgan fingerprint density at radius 3 is 3.11 bits per heavy atom. The van der Waals surface area contributed by atoms with Crippen LogP contribution in [0.15, 0.2) is 6.20 Å². The van der Waals surface area contributed by atoms with E-state index in [-0.39, 0.29) is 0 Å². The fourth-order valence-electron chi connectivity index (χ4n) is 2.35. The van der Waals surface area contributed by atoms with Gasteiger partial charge in [0.05, 0.1) is 17.7 Å². The second-order valence-corrected chi connectivity index (χ2v) is 4.78. The van der Waals surface area contributed by atoms with Crippen LogP contribution in [0.1, 0.15) is 13.3 Å². The zero-order chi connectivity index (χ0) is 13.2. The highest BCUT2D eigenvalue weighted by atomic mass is 16.5. The van der Waals surface area contributed by atoms with E-state index in [1.165, 1.54) is 0 Å². The number of aromatic amines is 1. The summed E-state index contributed by atoms with van der Waals surface area (Å²) in [6.45, 7) is 3.81. The Labute approximate surface area is 111 Å². The minimum Gasteiger partial charge on any atom is -0.378 e. The molecule has 0 bridgehead atoms. The van der Waals surface area contributed by atoms with Gasteiger partial charge in [-0.1, -0.05) is 0 Å². The zero-order valence-electron chi connectivity index (χ0n) is 11.1. The van der Waals surface area contributed by atoms with Crippen molar-refractivity contribution >= 4 is 22.8 Å². The Kier molecular flexibility index (Phi) is 3.20. The Morgan fingerprint density at radius 1 is 1.47 bits per heavy atom. The summed E-state index contributed by atoms with van der Waals surface area (Å²) in [5.41, 5.74) is 0.734. The molecule has 2 aromatic heterocycles. The number of hydrogen-bond donors (Lipinski definition) is 3. The Hall–Kier alpha value is -1.89. The molecule has 2 unspecified atom stereocenters. The van der Waals surface area contributed by atoms with Gasteiger partial charge in [0.15, 0.2) is 5.65 Å². The lowest BCUT2D eigenvalue weighted by Gasteiger charge is -2.15. The molecule has 102 valence electrons. The van der Waals surface area contributed by atoms with E-state index in [0.29, 0.717) is 18.0 Å². The van der Waals surface area contributed by atoms with Crippen molar-refractivity contribution in [3.63, 3.8) is 0 Å². The Balaban J connectivity index is 1.81. The SMILES string of the molecule is CNc1nc(NCC2CCOC2C)c2cn[nH]c2n1. The van der Waals surface area contributed by atoms with Crippen LogP contribution in [0.3, 0.4) is 0 Å². The largest absolute Gasteiger partial charge is 0.378 e. The summed E-state index contributed by atoms with van der Waals surface area (Å²) in [5, 5.41) is 14.1. The van der Waals surface area contributed by atoms with Gasteiger partial charge < -0.3 is 15.4 Å². The highest BCUT2D eigenvalue weighted by Crippen LogP contribution is 2.23. The van der Waals surface area contributed by atoms with Crippen molar-refractivity contribution in [2.75, 3.05) is 30.8 Å². The number of rotatable bonds is 4. The predicted molar refractivity (Wildman–Crippen MR) is 73.2 cm³/mol. The minimum absolute atomic E-state index is 0.304. The molecule has 3 heterocycles. The first-order valence-electron chi connectivity index (χ1n) is 6.52. The summed E-state index contributed by atoms with van der Waals surface area (Å²) in [6, 6.07) is 0. The molecule has 0 spiro atoms. The van der Waals surface area contributed by atoms with Crippen LogP contribution in [0.25, 0.3) is 11.0 Å². The molecule has 0 amide bonds. The van der Waals surface area contributed by atoms with Gasteiger partial charge in [-0.15, -0.1) is 0 Å². The molecule has 0 aliphatic carbocycles. The lowest BCUT2D eigenvalue weighted by atomic mass is 10.0. The van der Waals surface area contributed by atoms with Gasteiger partial charge in [-0.05, 0) is 13.3 Å². The summed E-state index contributed by atoms with van der Waals surface area (Å²) in [5.74, 6) is 1.91. The third-order valence-electron chi connectivity index (χ3n) is 3.60. The number of aromatic nitrogens is 4. The molecule has 1 fully saturated rings. The number of ether oxygens (including phenoxy) is 1. The summed E-state index contributed by atoms with van der Waals surface area (Å²) in [7, 11) is 1.80. The number of H-pyrrole nitrogens is 1. The van der Waals surface area contributed by atoms with Crippen molar-refractivity contribution in [3.05, 3.63) is 6.20 Å². The van der Waals surface area contributed by atoms with E-state index in [1.807, 2.05) is 0 Å². The summed E-state index contributed by atoms with van der Waals surface area (Å²) in [4.78, 5) is 8.75. The monoisotopic (exact) mass is 262 g/mol. The van der Waals surface area contributed by atoms with E-state index in [9.17, 15) is 0 Å². The quantitative estimate of drug-likeness (QED) is 0.768. The summed E-state index contributed by atoms with van der Waals surface area (Å²) in [6.07, 6.45) is 3.14. The molecule has 3 rings (SSSR count). The number of nitrogens with one attached hydrogen (secondary N) is 3. The highest BCUT2D eigenvalue weighted by molar-refractivity contribution is 5.86. The van der Waals surface area contributed by atoms with Gasteiger partial charge in [0.25, 0.3) is 0 Å². The number of fused-ring (bicyclic) bond motifs is 1. The van der Waals surface area contributed by atoms with Crippen LogP contribution in [0.4, 0.5) is 11.8 Å². The molecule has 7 nitrogen and oxygen atoms in total. The van der Waals surface area contributed by atoms with Crippen molar-refractivity contribution in [1.29, 1.82) is 0 Å². The van der Waals surface area contributed by atoms with E-state index in [0.717, 1.165) is 36.4 Å². The van der Waals surface area contributed by atoms with Crippen LogP contribution in [0, 0.1) is 5.92 Å². The lowest BCUT2D eigenvalue weighted by Crippen LogP contribution is -2.21.